The lowest BCUT2D eigenvalue weighted by Crippen LogP contribution is -2.23. The fraction of sp³-hybridized carbons (Fsp3) is 0.276. The molecule has 0 aliphatic carbocycles. The number of amides is 2. The van der Waals surface area contributed by atoms with Gasteiger partial charge in [0.25, 0.3) is 5.91 Å². The highest BCUT2D eigenvalue weighted by Crippen LogP contribution is 2.37. The predicted octanol–water partition coefficient (Wildman–Crippen LogP) is 3.53. The molecule has 1 saturated heterocycles. The second-order valence-electron chi connectivity index (χ2n) is 10.6. The van der Waals surface area contributed by atoms with Crippen LogP contribution in [0.2, 0.25) is 0 Å². The van der Waals surface area contributed by atoms with Gasteiger partial charge in [-0.15, -0.1) is 0 Å². The van der Waals surface area contributed by atoms with Crippen molar-refractivity contribution >= 4 is 40.2 Å². The Labute approximate surface area is 229 Å². The number of furan rings is 1. The van der Waals surface area contributed by atoms with Crippen molar-refractivity contribution in [3.8, 4) is 11.3 Å². The lowest BCUT2D eigenvalue weighted by molar-refractivity contribution is -0.127. The summed E-state index contributed by atoms with van der Waals surface area (Å²) >= 11 is 0. The fourth-order valence-electron chi connectivity index (χ4n) is 5.84. The number of fused-ring (bicyclic) bond motifs is 4. The fourth-order valence-corrected chi connectivity index (χ4v) is 5.84. The Morgan fingerprint density at radius 1 is 1.12 bits per heavy atom. The Kier molecular flexibility index (Phi) is 5.56. The summed E-state index contributed by atoms with van der Waals surface area (Å²) in [6, 6.07) is 9.65. The van der Waals surface area contributed by atoms with E-state index in [4.69, 9.17) is 9.40 Å². The molecular formula is C29H28N8O3. The third-order valence-electron chi connectivity index (χ3n) is 7.73. The van der Waals surface area contributed by atoms with Crippen molar-refractivity contribution in [2.45, 2.75) is 25.4 Å². The number of carbonyl (C=O) groups excluding carboxylic acids is 2. The monoisotopic (exact) mass is 536 g/mol. The number of anilines is 2. The number of hydrogen-bond acceptors (Lipinski definition) is 8. The summed E-state index contributed by atoms with van der Waals surface area (Å²) in [4.78, 5) is 43.4. The summed E-state index contributed by atoms with van der Waals surface area (Å²) in [6.07, 6.45) is 5.86. The summed E-state index contributed by atoms with van der Waals surface area (Å²) in [5, 5.41) is 6.37. The van der Waals surface area contributed by atoms with Gasteiger partial charge in [0, 0.05) is 38.3 Å². The second-order valence-corrected chi connectivity index (χ2v) is 10.6. The highest BCUT2D eigenvalue weighted by molar-refractivity contribution is 6.06. The third kappa shape index (κ3) is 3.81. The summed E-state index contributed by atoms with van der Waals surface area (Å²) in [6.45, 7) is 1.75. The normalized spacial score (nSPS) is 16.9. The minimum Gasteiger partial charge on any atom is -0.445 e. The molecule has 4 aromatic heterocycles. The van der Waals surface area contributed by atoms with Crippen molar-refractivity contribution in [3.63, 3.8) is 0 Å². The number of aromatic nitrogens is 4. The molecule has 0 saturated carbocycles. The van der Waals surface area contributed by atoms with E-state index in [0.29, 0.717) is 41.5 Å². The minimum atomic E-state index is -0.182. The smallest absolute Gasteiger partial charge is 0.254 e. The van der Waals surface area contributed by atoms with Crippen LogP contribution in [-0.2, 0) is 17.9 Å². The highest BCUT2D eigenvalue weighted by Gasteiger charge is 2.33. The van der Waals surface area contributed by atoms with Crippen LogP contribution in [-0.4, -0.2) is 68.7 Å². The molecule has 1 aromatic carbocycles. The van der Waals surface area contributed by atoms with Gasteiger partial charge in [0.2, 0.25) is 11.6 Å². The van der Waals surface area contributed by atoms with Gasteiger partial charge in [0.05, 0.1) is 47.2 Å². The molecule has 202 valence electrons. The standard InChI is InChI=1S/C29H28N8O3/c1-35(2)15-21-16(18-8-10-36(3)29(18)39)5-7-24(34-21)33-20-6-4-17(19-12-31-27(38)26(19)20)23-13-30-25-14-32-28-22(37(23)25)9-11-40-28/h4-7,9,11,13-14,18H,8,10,12,15H2,1-3H3,(H,31,38)(H,33,34). The zero-order chi connectivity index (χ0) is 27.5. The number of hydrogen-bond donors (Lipinski definition) is 2. The Morgan fingerprint density at radius 2 is 2.00 bits per heavy atom. The van der Waals surface area contributed by atoms with Crippen molar-refractivity contribution in [1.29, 1.82) is 0 Å². The molecule has 2 aliphatic heterocycles. The Hall–Kier alpha value is -4.77. The number of rotatable bonds is 6. The SMILES string of the molecule is CN(C)Cc1nc(Nc2ccc(-c3cnc4cnc5occc5n34)c3c2C(=O)NC3)ccc1C1CCN(C)C1=O. The van der Waals surface area contributed by atoms with Crippen LogP contribution in [0.4, 0.5) is 11.5 Å². The molecule has 0 bridgehead atoms. The summed E-state index contributed by atoms with van der Waals surface area (Å²) in [7, 11) is 5.81. The first kappa shape index (κ1) is 24.3. The van der Waals surface area contributed by atoms with Gasteiger partial charge in [-0.2, -0.15) is 0 Å². The predicted molar refractivity (Wildman–Crippen MR) is 149 cm³/mol. The molecule has 11 nitrogen and oxygen atoms in total. The molecule has 6 heterocycles. The van der Waals surface area contributed by atoms with Crippen molar-refractivity contribution < 1.29 is 14.0 Å². The largest absolute Gasteiger partial charge is 0.445 e. The number of pyridine rings is 1. The lowest BCUT2D eigenvalue weighted by Gasteiger charge is -2.19. The molecule has 1 fully saturated rings. The van der Waals surface area contributed by atoms with E-state index < -0.39 is 0 Å². The summed E-state index contributed by atoms with van der Waals surface area (Å²) < 4.78 is 7.49. The second kappa shape index (κ2) is 9.16. The number of benzene rings is 1. The molecule has 2 aliphatic rings. The lowest BCUT2D eigenvalue weighted by atomic mass is 9.95. The Morgan fingerprint density at radius 3 is 2.80 bits per heavy atom. The van der Waals surface area contributed by atoms with Gasteiger partial charge in [0.1, 0.15) is 11.3 Å². The molecule has 7 rings (SSSR count). The topological polar surface area (TPSA) is 121 Å². The number of nitrogens with zero attached hydrogens (tertiary/aromatic N) is 6. The first-order chi connectivity index (χ1) is 19.4. The van der Waals surface area contributed by atoms with Gasteiger partial charge in [-0.05, 0) is 43.8 Å². The quantitative estimate of drug-likeness (QED) is 0.338. The third-order valence-corrected chi connectivity index (χ3v) is 7.73. The number of imidazole rings is 1. The molecular weight excluding hydrogens is 508 g/mol. The van der Waals surface area contributed by atoms with Crippen LogP contribution in [0.1, 0.15) is 39.5 Å². The van der Waals surface area contributed by atoms with Crippen LogP contribution in [0.3, 0.4) is 0 Å². The zero-order valence-electron chi connectivity index (χ0n) is 22.4. The van der Waals surface area contributed by atoms with E-state index in [-0.39, 0.29) is 17.7 Å². The minimum absolute atomic E-state index is 0.128. The van der Waals surface area contributed by atoms with Crippen LogP contribution in [0.25, 0.3) is 28.1 Å². The van der Waals surface area contributed by atoms with Gasteiger partial charge in [-0.25, -0.2) is 15.0 Å². The molecule has 5 aromatic rings. The number of nitrogens with one attached hydrogen (secondary N) is 2. The van der Waals surface area contributed by atoms with E-state index in [0.717, 1.165) is 46.6 Å². The Balaban J connectivity index is 1.29. The van der Waals surface area contributed by atoms with Crippen LogP contribution in [0.15, 0.2) is 53.4 Å². The number of likely N-dealkylation sites (N-methyl/N-ethyl adjacent to an activating group) is 1. The molecule has 40 heavy (non-hydrogen) atoms. The van der Waals surface area contributed by atoms with Crippen LogP contribution < -0.4 is 10.6 Å². The van der Waals surface area contributed by atoms with Crippen LogP contribution in [0.5, 0.6) is 0 Å². The van der Waals surface area contributed by atoms with E-state index in [1.807, 2.05) is 60.8 Å². The number of carbonyl (C=O) groups is 2. The van der Waals surface area contributed by atoms with E-state index in [1.165, 1.54) is 0 Å². The first-order valence-electron chi connectivity index (χ1n) is 13.2. The van der Waals surface area contributed by atoms with Gasteiger partial charge in [-0.1, -0.05) is 12.1 Å². The van der Waals surface area contributed by atoms with E-state index in [2.05, 4.69) is 20.6 Å². The van der Waals surface area contributed by atoms with Crippen molar-refractivity contribution in [2.24, 2.45) is 0 Å². The van der Waals surface area contributed by atoms with E-state index in [1.54, 1.807) is 23.6 Å². The van der Waals surface area contributed by atoms with E-state index in [9.17, 15) is 9.59 Å². The highest BCUT2D eigenvalue weighted by atomic mass is 16.3. The Bertz CT molecular complexity index is 1820. The molecule has 0 spiro atoms. The number of likely N-dealkylation sites (tertiary alicyclic amines) is 1. The first-order valence-corrected chi connectivity index (χ1v) is 13.2. The van der Waals surface area contributed by atoms with Crippen LogP contribution >= 0.6 is 0 Å². The molecule has 1 atom stereocenters. The van der Waals surface area contributed by atoms with E-state index >= 15 is 0 Å². The van der Waals surface area contributed by atoms with Gasteiger partial charge >= 0.3 is 0 Å². The van der Waals surface area contributed by atoms with Crippen molar-refractivity contribution in [3.05, 3.63) is 71.4 Å². The summed E-state index contributed by atoms with van der Waals surface area (Å²) in [5.74, 6) is 0.421. The maximum absolute atomic E-state index is 13.1. The average molecular weight is 537 g/mol. The molecule has 2 N–H and O–H groups in total. The average Bonchev–Trinajstić information content (AvgIpc) is 3.72. The molecule has 11 heteroatoms. The van der Waals surface area contributed by atoms with Gasteiger partial charge in [0.15, 0.2) is 5.65 Å². The maximum Gasteiger partial charge on any atom is 0.254 e. The summed E-state index contributed by atoms with van der Waals surface area (Å²) in [5.41, 5.74) is 7.72. The molecule has 2 amide bonds. The van der Waals surface area contributed by atoms with Crippen molar-refractivity contribution in [1.82, 2.24) is 34.5 Å². The molecule has 1 unspecified atom stereocenters. The van der Waals surface area contributed by atoms with Gasteiger partial charge in [-0.3, -0.25) is 14.0 Å². The van der Waals surface area contributed by atoms with Gasteiger partial charge < -0.3 is 24.9 Å². The van der Waals surface area contributed by atoms with Crippen molar-refractivity contribution in [2.75, 3.05) is 33.0 Å². The maximum atomic E-state index is 13.1. The zero-order valence-corrected chi connectivity index (χ0v) is 22.4. The van der Waals surface area contributed by atoms with Crippen LogP contribution in [0, 0.1) is 0 Å². The molecule has 0 radical (unpaired) electrons.